The molecule has 0 atom stereocenters. The van der Waals surface area contributed by atoms with E-state index >= 15 is 0 Å². The van der Waals surface area contributed by atoms with E-state index in [0.29, 0.717) is 6.61 Å². The van der Waals surface area contributed by atoms with Crippen molar-refractivity contribution in [2.45, 2.75) is 19.1 Å². The average molecular weight is 250 g/mol. The van der Waals surface area contributed by atoms with Gasteiger partial charge in [0.05, 0.1) is 26.0 Å². The molecule has 1 aromatic rings. The van der Waals surface area contributed by atoms with Gasteiger partial charge in [0.25, 0.3) is 0 Å². The van der Waals surface area contributed by atoms with Gasteiger partial charge in [0.1, 0.15) is 5.75 Å². The van der Waals surface area contributed by atoms with Crippen molar-refractivity contribution >= 4 is 6.21 Å². The van der Waals surface area contributed by atoms with E-state index in [1.807, 2.05) is 24.3 Å². The molecule has 18 heavy (non-hydrogen) atoms. The summed E-state index contributed by atoms with van der Waals surface area (Å²) in [4.78, 5) is 0. The zero-order chi connectivity index (χ0) is 12.6. The second kappa shape index (κ2) is 6.98. The zero-order valence-corrected chi connectivity index (χ0v) is 10.2. The largest absolute Gasteiger partial charge is 0.493 e. The third-order valence-corrected chi connectivity index (χ3v) is 2.62. The van der Waals surface area contributed by atoms with Crippen molar-refractivity contribution in [3.63, 3.8) is 0 Å². The lowest BCUT2D eigenvalue weighted by Gasteiger charge is -2.23. The Morgan fingerprint density at radius 1 is 1.28 bits per heavy atom. The Morgan fingerprint density at radius 3 is 2.67 bits per heavy atom. The molecule has 1 saturated heterocycles. The van der Waals surface area contributed by atoms with E-state index in [0.717, 1.165) is 37.4 Å². The SMILES string of the molecule is NN=Cc1ccc(OCCC2OCCCO2)cc1. The van der Waals surface area contributed by atoms with Crippen LogP contribution >= 0.6 is 0 Å². The molecule has 0 amide bonds. The summed E-state index contributed by atoms with van der Waals surface area (Å²) < 4.78 is 16.5. The first-order chi connectivity index (χ1) is 8.88. The van der Waals surface area contributed by atoms with Gasteiger partial charge in [-0.15, -0.1) is 0 Å². The molecule has 1 heterocycles. The van der Waals surface area contributed by atoms with E-state index in [1.165, 1.54) is 0 Å². The molecular formula is C13H18N2O3. The zero-order valence-electron chi connectivity index (χ0n) is 10.2. The van der Waals surface area contributed by atoms with Crippen LogP contribution in [0, 0.1) is 0 Å². The molecule has 1 aliphatic heterocycles. The van der Waals surface area contributed by atoms with Gasteiger partial charge in [-0.05, 0) is 36.2 Å². The fraction of sp³-hybridized carbons (Fsp3) is 0.462. The molecule has 0 radical (unpaired) electrons. The smallest absolute Gasteiger partial charge is 0.160 e. The van der Waals surface area contributed by atoms with Crippen LogP contribution in [-0.2, 0) is 9.47 Å². The molecule has 5 heteroatoms. The van der Waals surface area contributed by atoms with Crippen molar-refractivity contribution in [2.75, 3.05) is 19.8 Å². The maximum Gasteiger partial charge on any atom is 0.160 e. The maximum atomic E-state index is 5.61. The van der Waals surface area contributed by atoms with Crippen LogP contribution in [0.15, 0.2) is 29.4 Å². The van der Waals surface area contributed by atoms with Crippen LogP contribution in [0.2, 0.25) is 0 Å². The summed E-state index contributed by atoms with van der Waals surface area (Å²) in [6.45, 7) is 2.13. The Morgan fingerprint density at radius 2 is 2.00 bits per heavy atom. The Labute approximate surface area is 107 Å². The predicted octanol–water partition coefficient (Wildman–Crippen LogP) is 1.51. The van der Waals surface area contributed by atoms with Gasteiger partial charge in [-0.1, -0.05) is 0 Å². The lowest BCUT2D eigenvalue weighted by Crippen LogP contribution is -2.26. The first-order valence-electron chi connectivity index (χ1n) is 6.08. The van der Waals surface area contributed by atoms with Gasteiger partial charge in [-0.25, -0.2) is 0 Å². The second-order valence-corrected chi connectivity index (χ2v) is 4.01. The normalized spacial score (nSPS) is 17.1. The van der Waals surface area contributed by atoms with E-state index in [1.54, 1.807) is 6.21 Å². The number of benzene rings is 1. The summed E-state index contributed by atoms with van der Waals surface area (Å²) in [5, 5.41) is 3.46. The van der Waals surface area contributed by atoms with Crippen LogP contribution in [0.25, 0.3) is 0 Å². The lowest BCUT2D eigenvalue weighted by molar-refractivity contribution is -0.183. The molecular weight excluding hydrogens is 232 g/mol. The molecule has 0 aromatic heterocycles. The van der Waals surface area contributed by atoms with Crippen molar-refractivity contribution in [2.24, 2.45) is 10.9 Å². The van der Waals surface area contributed by atoms with E-state index in [2.05, 4.69) is 5.10 Å². The molecule has 0 aliphatic carbocycles. The number of rotatable bonds is 5. The Balaban J connectivity index is 1.72. The van der Waals surface area contributed by atoms with Gasteiger partial charge >= 0.3 is 0 Å². The van der Waals surface area contributed by atoms with Crippen LogP contribution in [0.5, 0.6) is 5.75 Å². The minimum absolute atomic E-state index is 0.123. The number of hydrogen-bond acceptors (Lipinski definition) is 5. The summed E-state index contributed by atoms with van der Waals surface area (Å²) in [6.07, 6.45) is 3.18. The molecule has 0 bridgehead atoms. The number of nitrogens with two attached hydrogens (primary N) is 1. The number of nitrogens with zero attached hydrogens (tertiary/aromatic N) is 1. The highest BCUT2D eigenvalue weighted by Gasteiger charge is 2.13. The van der Waals surface area contributed by atoms with Gasteiger partial charge in [0.2, 0.25) is 0 Å². The van der Waals surface area contributed by atoms with Gasteiger partial charge < -0.3 is 20.1 Å². The fourth-order valence-corrected chi connectivity index (χ4v) is 1.71. The maximum absolute atomic E-state index is 5.61. The number of hydrazone groups is 1. The molecule has 2 rings (SSSR count). The standard InChI is InChI=1S/C13H18N2O3/c14-15-10-11-2-4-12(5-3-11)16-9-6-13-17-7-1-8-18-13/h2-5,10,13H,1,6-9,14H2. The number of hydrogen-bond donors (Lipinski definition) is 1. The topological polar surface area (TPSA) is 66.1 Å². The molecule has 0 unspecified atom stereocenters. The number of ether oxygens (including phenoxy) is 3. The first-order valence-corrected chi connectivity index (χ1v) is 6.08. The summed E-state index contributed by atoms with van der Waals surface area (Å²) >= 11 is 0. The highest BCUT2D eigenvalue weighted by molar-refractivity contribution is 5.79. The van der Waals surface area contributed by atoms with E-state index in [4.69, 9.17) is 20.1 Å². The summed E-state index contributed by atoms with van der Waals surface area (Å²) in [7, 11) is 0. The van der Waals surface area contributed by atoms with E-state index < -0.39 is 0 Å². The Hall–Kier alpha value is -1.59. The van der Waals surface area contributed by atoms with Crippen LogP contribution in [0.3, 0.4) is 0 Å². The van der Waals surface area contributed by atoms with Crippen molar-refractivity contribution in [3.05, 3.63) is 29.8 Å². The minimum atomic E-state index is -0.123. The van der Waals surface area contributed by atoms with Gasteiger partial charge in [0.15, 0.2) is 6.29 Å². The average Bonchev–Trinajstić information content (AvgIpc) is 2.42. The Kier molecular flexibility index (Phi) is 4.99. The lowest BCUT2D eigenvalue weighted by atomic mass is 10.2. The predicted molar refractivity (Wildman–Crippen MR) is 68.6 cm³/mol. The third kappa shape index (κ3) is 4.01. The third-order valence-electron chi connectivity index (χ3n) is 2.62. The minimum Gasteiger partial charge on any atom is -0.493 e. The molecule has 1 fully saturated rings. The van der Waals surface area contributed by atoms with Gasteiger partial charge in [-0.2, -0.15) is 5.10 Å². The molecule has 5 nitrogen and oxygen atoms in total. The van der Waals surface area contributed by atoms with Crippen LogP contribution in [-0.4, -0.2) is 32.3 Å². The van der Waals surface area contributed by atoms with Gasteiger partial charge in [0, 0.05) is 6.42 Å². The van der Waals surface area contributed by atoms with E-state index in [9.17, 15) is 0 Å². The molecule has 0 spiro atoms. The summed E-state index contributed by atoms with van der Waals surface area (Å²) in [5.74, 6) is 5.89. The van der Waals surface area contributed by atoms with Crippen LogP contribution in [0.1, 0.15) is 18.4 Å². The summed E-state index contributed by atoms with van der Waals surface area (Å²) in [5.41, 5.74) is 0.948. The molecule has 98 valence electrons. The quantitative estimate of drug-likeness (QED) is 0.488. The highest BCUT2D eigenvalue weighted by atomic mass is 16.7. The van der Waals surface area contributed by atoms with E-state index in [-0.39, 0.29) is 6.29 Å². The molecule has 0 saturated carbocycles. The highest BCUT2D eigenvalue weighted by Crippen LogP contribution is 2.13. The first kappa shape index (κ1) is 12.9. The second-order valence-electron chi connectivity index (χ2n) is 4.01. The fourth-order valence-electron chi connectivity index (χ4n) is 1.71. The molecule has 1 aromatic carbocycles. The summed E-state index contributed by atoms with van der Waals surface area (Å²) in [6, 6.07) is 7.58. The Bertz CT molecular complexity index is 372. The van der Waals surface area contributed by atoms with Crippen LogP contribution in [0.4, 0.5) is 0 Å². The van der Waals surface area contributed by atoms with Crippen molar-refractivity contribution in [3.8, 4) is 5.75 Å². The van der Waals surface area contributed by atoms with Gasteiger partial charge in [-0.3, -0.25) is 0 Å². The van der Waals surface area contributed by atoms with Crippen LogP contribution < -0.4 is 10.6 Å². The molecule has 2 N–H and O–H groups in total. The molecule has 1 aliphatic rings. The van der Waals surface area contributed by atoms with Crippen molar-refractivity contribution in [1.29, 1.82) is 0 Å². The van der Waals surface area contributed by atoms with Crippen molar-refractivity contribution in [1.82, 2.24) is 0 Å². The van der Waals surface area contributed by atoms with Crippen molar-refractivity contribution < 1.29 is 14.2 Å². The monoisotopic (exact) mass is 250 g/mol.